The molecule has 3 heterocycles. The summed E-state index contributed by atoms with van der Waals surface area (Å²) in [6, 6.07) is 9.51. The topological polar surface area (TPSA) is 19.4 Å². The molecule has 0 saturated carbocycles. The van der Waals surface area contributed by atoms with Crippen LogP contribution < -0.4 is 4.90 Å². The lowest BCUT2D eigenvalue weighted by Crippen LogP contribution is -2.36. The van der Waals surface area contributed by atoms with Crippen molar-refractivity contribution in [3.8, 4) is 0 Å². The van der Waals surface area contributed by atoms with E-state index in [1.54, 1.807) is 0 Å². The maximum absolute atomic E-state index is 4.24. The summed E-state index contributed by atoms with van der Waals surface area (Å²) in [5, 5.41) is 2.59. The lowest BCUT2D eigenvalue weighted by molar-refractivity contribution is 0.273. The molecule has 3 nitrogen and oxygen atoms in total. The zero-order chi connectivity index (χ0) is 13.4. The molecule has 0 spiro atoms. The highest BCUT2D eigenvalue weighted by Gasteiger charge is 2.29. The van der Waals surface area contributed by atoms with Gasteiger partial charge in [-0.05, 0) is 37.9 Å². The average Bonchev–Trinajstić information content (AvgIpc) is 2.84. The second kappa shape index (κ2) is 5.06. The predicted octanol–water partition coefficient (Wildman–Crippen LogP) is 2.91. The van der Waals surface area contributed by atoms with Crippen molar-refractivity contribution in [2.24, 2.45) is 0 Å². The molecule has 2 aliphatic heterocycles. The van der Waals surface area contributed by atoms with Crippen LogP contribution in [-0.2, 0) is 0 Å². The number of benzene rings is 1. The Morgan fingerprint density at radius 2 is 2.00 bits per heavy atom. The van der Waals surface area contributed by atoms with Crippen molar-refractivity contribution < 1.29 is 0 Å². The van der Waals surface area contributed by atoms with Crippen LogP contribution in [0.25, 0.3) is 10.8 Å². The van der Waals surface area contributed by atoms with Gasteiger partial charge in [0.2, 0.25) is 0 Å². The monoisotopic (exact) mass is 267 g/mol. The van der Waals surface area contributed by atoms with Crippen molar-refractivity contribution in [1.82, 2.24) is 9.88 Å². The fourth-order valence-corrected chi connectivity index (χ4v) is 3.81. The third-order valence-electron chi connectivity index (χ3n) is 4.80. The molecule has 2 aromatic rings. The summed E-state index contributed by atoms with van der Waals surface area (Å²) in [5.74, 6) is 0. The summed E-state index contributed by atoms with van der Waals surface area (Å²) < 4.78 is 0. The Hall–Kier alpha value is -1.61. The quantitative estimate of drug-likeness (QED) is 0.792. The van der Waals surface area contributed by atoms with Crippen molar-refractivity contribution in [3.05, 3.63) is 36.7 Å². The van der Waals surface area contributed by atoms with E-state index < -0.39 is 0 Å². The molecule has 0 N–H and O–H groups in total. The Labute approximate surface area is 120 Å². The average molecular weight is 267 g/mol. The van der Waals surface area contributed by atoms with Gasteiger partial charge in [-0.25, -0.2) is 0 Å². The molecule has 3 heteroatoms. The lowest BCUT2D eigenvalue weighted by atomic mass is 10.1. The molecular formula is C17H21N3. The molecule has 20 heavy (non-hydrogen) atoms. The smallest absolute Gasteiger partial charge is 0.0447 e. The molecule has 1 aromatic heterocycles. The maximum Gasteiger partial charge on any atom is 0.0447 e. The first-order valence-corrected chi connectivity index (χ1v) is 7.73. The maximum atomic E-state index is 4.24. The van der Waals surface area contributed by atoms with Crippen LogP contribution in [-0.4, -0.2) is 42.1 Å². The molecular weight excluding hydrogens is 246 g/mol. The molecule has 2 fully saturated rings. The van der Waals surface area contributed by atoms with E-state index in [2.05, 4.69) is 39.0 Å². The number of hydrogen-bond acceptors (Lipinski definition) is 3. The Morgan fingerprint density at radius 1 is 1.05 bits per heavy atom. The van der Waals surface area contributed by atoms with Gasteiger partial charge in [-0.1, -0.05) is 12.1 Å². The summed E-state index contributed by atoms with van der Waals surface area (Å²) in [6.07, 6.45) is 7.89. The van der Waals surface area contributed by atoms with Gasteiger partial charge in [-0.3, -0.25) is 9.88 Å². The van der Waals surface area contributed by atoms with Gasteiger partial charge >= 0.3 is 0 Å². The molecule has 0 bridgehead atoms. The van der Waals surface area contributed by atoms with E-state index in [4.69, 9.17) is 0 Å². The number of anilines is 1. The van der Waals surface area contributed by atoms with Gasteiger partial charge in [-0.15, -0.1) is 0 Å². The largest absolute Gasteiger partial charge is 0.369 e. The van der Waals surface area contributed by atoms with E-state index in [9.17, 15) is 0 Å². The molecule has 2 aliphatic rings. The minimum Gasteiger partial charge on any atom is -0.369 e. The van der Waals surface area contributed by atoms with E-state index >= 15 is 0 Å². The summed E-state index contributed by atoms with van der Waals surface area (Å²) in [4.78, 5) is 9.53. The van der Waals surface area contributed by atoms with Crippen molar-refractivity contribution in [1.29, 1.82) is 0 Å². The molecule has 4 rings (SSSR count). The second-order valence-electron chi connectivity index (χ2n) is 6.01. The van der Waals surface area contributed by atoms with Gasteiger partial charge < -0.3 is 4.90 Å². The lowest BCUT2D eigenvalue weighted by Gasteiger charge is -2.28. The van der Waals surface area contributed by atoms with Crippen LogP contribution in [0.1, 0.15) is 19.3 Å². The Morgan fingerprint density at radius 3 is 3.00 bits per heavy atom. The third-order valence-corrected chi connectivity index (χ3v) is 4.80. The molecule has 0 aliphatic carbocycles. The van der Waals surface area contributed by atoms with E-state index in [-0.39, 0.29) is 0 Å². The zero-order valence-corrected chi connectivity index (χ0v) is 11.8. The second-order valence-corrected chi connectivity index (χ2v) is 6.01. The predicted molar refractivity (Wildman–Crippen MR) is 83.2 cm³/mol. The van der Waals surface area contributed by atoms with Gasteiger partial charge in [-0.2, -0.15) is 0 Å². The molecule has 1 unspecified atom stereocenters. The highest BCUT2D eigenvalue weighted by Crippen LogP contribution is 2.30. The van der Waals surface area contributed by atoms with Crippen LogP contribution in [0.5, 0.6) is 0 Å². The molecule has 0 amide bonds. The fourth-order valence-electron chi connectivity index (χ4n) is 3.81. The van der Waals surface area contributed by atoms with Gasteiger partial charge in [0.15, 0.2) is 0 Å². The molecule has 2 saturated heterocycles. The molecule has 1 aromatic carbocycles. The highest BCUT2D eigenvalue weighted by atomic mass is 15.3. The van der Waals surface area contributed by atoms with Crippen LogP contribution >= 0.6 is 0 Å². The SMILES string of the molecule is c1cc(N2CCCN3CCCC3C2)c2ccncc2c1. The first-order chi connectivity index (χ1) is 9.92. The number of fused-ring (bicyclic) bond motifs is 2. The van der Waals surface area contributed by atoms with E-state index in [1.807, 2.05) is 12.4 Å². The standard InChI is InChI=1S/C17H21N3/c1-4-14-12-18-8-7-16(14)17(6-1)20-11-3-10-19-9-2-5-15(19)13-20/h1,4,6-8,12,15H,2-3,5,9-11,13H2. The third kappa shape index (κ3) is 2.06. The van der Waals surface area contributed by atoms with Crippen LogP contribution in [0.3, 0.4) is 0 Å². The Balaban J connectivity index is 1.71. The minimum atomic E-state index is 0.759. The number of hydrogen-bond donors (Lipinski definition) is 0. The van der Waals surface area contributed by atoms with Gasteiger partial charge in [0.25, 0.3) is 0 Å². The van der Waals surface area contributed by atoms with Crippen molar-refractivity contribution in [2.45, 2.75) is 25.3 Å². The minimum absolute atomic E-state index is 0.759. The zero-order valence-electron chi connectivity index (χ0n) is 11.8. The van der Waals surface area contributed by atoms with E-state index in [0.717, 1.165) is 6.04 Å². The van der Waals surface area contributed by atoms with Crippen molar-refractivity contribution >= 4 is 16.5 Å². The van der Waals surface area contributed by atoms with Gasteiger partial charge in [0, 0.05) is 54.5 Å². The van der Waals surface area contributed by atoms with Crippen LogP contribution in [0.4, 0.5) is 5.69 Å². The first-order valence-electron chi connectivity index (χ1n) is 7.73. The van der Waals surface area contributed by atoms with Crippen LogP contribution in [0.2, 0.25) is 0 Å². The van der Waals surface area contributed by atoms with Gasteiger partial charge in [0.05, 0.1) is 0 Å². The number of pyridine rings is 1. The fraction of sp³-hybridized carbons (Fsp3) is 0.471. The molecule has 0 radical (unpaired) electrons. The summed E-state index contributed by atoms with van der Waals surface area (Å²) in [7, 11) is 0. The van der Waals surface area contributed by atoms with E-state index in [0.29, 0.717) is 0 Å². The normalized spacial score (nSPS) is 23.8. The van der Waals surface area contributed by atoms with Crippen LogP contribution in [0.15, 0.2) is 36.7 Å². The number of nitrogens with zero attached hydrogens (tertiary/aromatic N) is 3. The van der Waals surface area contributed by atoms with Crippen molar-refractivity contribution in [2.75, 3.05) is 31.1 Å². The number of rotatable bonds is 1. The summed E-state index contributed by atoms with van der Waals surface area (Å²) >= 11 is 0. The Bertz CT molecular complexity index is 605. The molecule has 104 valence electrons. The summed E-state index contributed by atoms with van der Waals surface area (Å²) in [6.45, 7) is 4.93. The first kappa shape index (κ1) is 12.2. The van der Waals surface area contributed by atoms with E-state index in [1.165, 1.54) is 61.9 Å². The Kier molecular flexibility index (Phi) is 3.07. The number of aromatic nitrogens is 1. The highest BCUT2D eigenvalue weighted by molar-refractivity contribution is 5.93. The van der Waals surface area contributed by atoms with Crippen LogP contribution in [0, 0.1) is 0 Å². The van der Waals surface area contributed by atoms with Crippen molar-refractivity contribution in [3.63, 3.8) is 0 Å². The molecule has 1 atom stereocenters. The van der Waals surface area contributed by atoms with Gasteiger partial charge in [0.1, 0.15) is 0 Å². The summed E-state index contributed by atoms with van der Waals surface area (Å²) in [5.41, 5.74) is 1.39.